The standard InChI is InChI=1S/C24H32N4O3/c1-25-24(27-16-20-10-7-11-21(30-2)23(20)31-3)26-15-19-14-22(29)28(17-19)13-12-18-8-5-4-6-9-18/h4-11,19H,12-17H2,1-3H3,(H2,25,26,27). The predicted octanol–water partition coefficient (Wildman–Crippen LogP) is 2.46. The van der Waals surface area contributed by atoms with Crippen LogP contribution in [0.15, 0.2) is 53.5 Å². The molecule has 1 saturated heterocycles. The molecule has 1 atom stereocenters. The molecule has 0 saturated carbocycles. The lowest BCUT2D eigenvalue weighted by molar-refractivity contribution is -0.127. The highest BCUT2D eigenvalue weighted by Crippen LogP contribution is 2.30. The molecular weight excluding hydrogens is 392 g/mol. The molecule has 0 aliphatic carbocycles. The van der Waals surface area contributed by atoms with Gasteiger partial charge in [-0.1, -0.05) is 42.5 Å². The summed E-state index contributed by atoms with van der Waals surface area (Å²) in [4.78, 5) is 18.7. The molecule has 2 aromatic carbocycles. The van der Waals surface area contributed by atoms with Gasteiger partial charge in [-0.3, -0.25) is 9.79 Å². The fourth-order valence-electron chi connectivity index (χ4n) is 3.85. The average molecular weight is 425 g/mol. The van der Waals surface area contributed by atoms with Gasteiger partial charge in [-0.2, -0.15) is 0 Å². The summed E-state index contributed by atoms with van der Waals surface area (Å²) < 4.78 is 10.8. The third kappa shape index (κ3) is 6.13. The van der Waals surface area contributed by atoms with E-state index in [9.17, 15) is 4.79 Å². The fraction of sp³-hybridized carbons (Fsp3) is 0.417. The molecule has 0 aromatic heterocycles. The van der Waals surface area contributed by atoms with Gasteiger partial charge >= 0.3 is 0 Å². The summed E-state index contributed by atoms with van der Waals surface area (Å²) in [6.45, 7) is 2.79. The Kier molecular flexibility index (Phi) is 8.15. The molecule has 1 aliphatic heterocycles. The van der Waals surface area contributed by atoms with E-state index in [1.807, 2.05) is 41.3 Å². The summed E-state index contributed by atoms with van der Waals surface area (Å²) in [7, 11) is 5.00. The number of guanidine groups is 1. The highest BCUT2D eigenvalue weighted by Gasteiger charge is 2.29. The first-order chi connectivity index (χ1) is 15.1. The first-order valence-corrected chi connectivity index (χ1v) is 10.6. The molecule has 7 heteroatoms. The number of carbonyl (C=O) groups is 1. The zero-order valence-corrected chi connectivity index (χ0v) is 18.6. The van der Waals surface area contributed by atoms with Crippen molar-refractivity contribution in [1.29, 1.82) is 0 Å². The van der Waals surface area contributed by atoms with Gasteiger partial charge in [0.15, 0.2) is 17.5 Å². The Hall–Kier alpha value is -3.22. The number of aliphatic imine (C=N–C) groups is 1. The van der Waals surface area contributed by atoms with Crippen molar-refractivity contribution in [2.75, 3.05) is 40.9 Å². The third-order valence-electron chi connectivity index (χ3n) is 5.52. The number of carbonyl (C=O) groups excluding carboxylic acids is 1. The second-order valence-electron chi connectivity index (χ2n) is 7.60. The number of amides is 1. The van der Waals surface area contributed by atoms with E-state index in [0.717, 1.165) is 25.1 Å². The lowest BCUT2D eigenvalue weighted by Crippen LogP contribution is -2.40. The van der Waals surface area contributed by atoms with Gasteiger partial charge in [0, 0.05) is 51.1 Å². The highest BCUT2D eigenvalue weighted by molar-refractivity contribution is 5.81. The number of methoxy groups -OCH3 is 2. The zero-order chi connectivity index (χ0) is 22.1. The highest BCUT2D eigenvalue weighted by atomic mass is 16.5. The van der Waals surface area contributed by atoms with E-state index < -0.39 is 0 Å². The van der Waals surface area contributed by atoms with Crippen LogP contribution in [0.3, 0.4) is 0 Å². The van der Waals surface area contributed by atoms with Crippen molar-refractivity contribution in [1.82, 2.24) is 15.5 Å². The van der Waals surface area contributed by atoms with Crippen LogP contribution < -0.4 is 20.1 Å². The SMILES string of the molecule is CN=C(NCc1cccc(OC)c1OC)NCC1CC(=O)N(CCc2ccccc2)C1. The summed E-state index contributed by atoms with van der Waals surface area (Å²) in [5.74, 6) is 2.60. The lowest BCUT2D eigenvalue weighted by atomic mass is 10.1. The smallest absolute Gasteiger partial charge is 0.223 e. The van der Waals surface area contributed by atoms with Crippen LogP contribution in [0.5, 0.6) is 11.5 Å². The minimum Gasteiger partial charge on any atom is -0.493 e. The lowest BCUT2D eigenvalue weighted by Gasteiger charge is -2.18. The van der Waals surface area contributed by atoms with Gasteiger partial charge in [0.05, 0.1) is 14.2 Å². The number of nitrogens with zero attached hydrogens (tertiary/aromatic N) is 2. The number of nitrogens with one attached hydrogen (secondary N) is 2. The summed E-state index contributed by atoms with van der Waals surface area (Å²) in [6.07, 6.45) is 1.46. The minimum atomic E-state index is 0.229. The van der Waals surface area contributed by atoms with E-state index >= 15 is 0 Å². The van der Waals surface area contributed by atoms with Crippen LogP contribution in [0.25, 0.3) is 0 Å². The summed E-state index contributed by atoms with van der Waals surface area (Å²) in [5.41, 5.74) is 2.24. The number of rotatable bonds is 9. The molecule has 31 heavy (non-hydrogen) atoms. The minimum absolute atomic E-state index is 0.229. The summed E-state index contributed by atoms with van der Waals surface area (Å²) >= 11 is 0. The summed E-state index contributed by atoms with van der Waals surface area (Å²) in [5, 5.41) is 6.66. The van der Waals surface area contributed by atoms with Crippen LogP contribution in [0, 0.1) is 5.92 Å². The zero-order valence-electron chi connectivity index (χ0n) is 18.6. The number of ether oxygens (including phenoxy) is 2. The molecule has 3 rings (SSSR count). The van der Waals surface area contributed by atoms with E-state index in [-0.39, 0.29) is 11.8 Å². The Labute approximate surface area is 184 Å². The Bertz CT molecular complexity index is 886. The molecule has 166 valence electrons. The summed E-state index contributed by atoms with van der Waals surface area (Å²) in [6, 6.07) is 16.1. The van der Waals surface area contributed by atoms with Crippen molar-refractivity contribution in [2.24, 2.45) is 10.9 Å². The molecular formula is C24H32N4O3. The maximum Gasteiger partial charge on any atom is 0.223 e. The average Bonchev–Trinajstić information content (AvgIpc) is 3.17. The first kappa shape index (κ1) is 22.5. The van der Waals surface area contributed by atoms with Crippen LogP contribution >= 0.6 is 0 Å². The van der Waals surface area contributed by atoms with Crippen LogP contribution in [0.2, 0.25) is 0 Å². The molecule has 1 fully saturated rings. The molecule has 2 N–H and O–H groups in total. The van der Waals surface area contributed by atoms with Gasteiger partial charge < -0.3 is 25.0 Å². The van der Waals surface area contributed by atoms with E-state index in [4.69, 9.17) is 9.47 Å². The maximum atomic E-state index is 12.4. The molecule has 0 spiro atoms. The Balaban J connectivity index is 1.46. The van der Waals surface area contributed by atoms with Crippen LogP contribution in [-0.2, 0) is 17.8 Å². The second kappa shape index (κ2) is 11.2. The monoisotopic (exact) mass is 424 g/mol. The molecule has 0 bridgehead atoms. The van der Waals surface area contributed by atoms with Gasteiger partial charge in [-0.15, -0.1) is 0 Å². The molecule has 2 aromatic rings. The van der Waals surface area contributed by atoms with Crippen molar-refractivity contribution in [3.05, 3.63) is 59.7 Å². The van der Waals surface area contributed by atoms with E-state index in [1.54, 1.807) is 21.3 Å². The first-order valence-electron chi connectivity index (χ1n) is 10.6. The number of hydrogen-bond donors (Lipinski definition) is 2. The Morgan fingerprint density at radius 2 is 1.90 bits per heavy atom. The molecule has 1 amide bonds. The predicted molar refractivity (Wildman–Crippen MR) is 123 cm³/mol. The molecule has 1 heterocycles. The van der Waals surface area contributed by atoms with E-state index in [0.29, 0.717) is 37.0 Å². The van der Waals surface area contributed by atoms with Crippen molar-refractivity contribution in [3.8, 4) is 11.5 Å². The topological polar surface area (TPSA) is 75.2 Å². The quantitative estimate of drug-likeness (QED) is 0.478. The van der Waals surface area contributed by atoms with Crippen molar-refractivity contribution in [3.63, 3.8) is 0 Å². The van der Waals surface area contributed by atoms with Gasteiger partial charge in [-0.05, 0) is 18.1 Å². The number of benzene rings is 2. The van der Waals surface area contributed by atoms with Gasteiger partial charge in [-0.25, -0.2) is 0 Å². The normalized spacial score (nSPS) is 16.4. The van der Waals surface area contributed by atoms with Gasteiger partial charge in [0.25, 0.3) is 0 Å². The molecule has 7 nitrogen and oxygen atoms in total. The number of hydrogen-bond acceptors (Lipinski definition) is 4. The molecule has 1 aliphatic rings. The van der Waals surface area contributed by atoms with Crippen molar-refractivity contribution >= 4 is 11.9 Å². The van der Waals surface area contributed by atoms with Gasteiger partial charge in [0.2, 0.25) is 5.91 Å². The maximum absolute atomic E-state index is 12.4. The number of para-hydroxylation sites is 1. The largest absolute Gasteiger partial charge is 0.493 e. The van der Waals surface area contributed by atoms with E-state index in [2.05, 4.69) is 27.8 Å². The van der Waals surface area contributed by atoms with Gasteiger partial charge in [0.1, 0.15) is 0 Å². The Morgan fingerprint density at radius 1 is 1.10 bits per heavy atom. The van der Waals surface area contributed by atoms with E-state index in [1.165, 1.54) is 5.56 Å². The Morgan fingerprint density at radius 3 is 2.61 bits per heavy atom. The van der Waals surface area contributed by atoms with Crippen molar-refractivity contribution < 1.29 is 14.3 Å². The van der Waals surface area contributed by atoms with Crippen molar-refractivity contribution in [2.45, 2.75) is 19.4 Å². The fourth-order valence-corrected chi connectivity index (χ4v) is 3.85. The van der Waals surface area contributed by atoms with Crippen LogP contribution in [-0.4, -0.2) is 57.7 Å². The third-order valence-corrected chi connectivity index (χ3v) is 5.52. The molecule has 1 unspecified atom stereocenters. The number of likely N-dealkylation sites (tertiary alicyclic amines) is 1. The second-order valence-corrected chi connectivity index (χ2v) is 7.60. The van der Waals surface area contributed by atoms with Crippen LogP contribution in [0.4, 0.5) is 0 Å². The molecule has 0 radical (unpaired) electrons. The van der Waals surface area contributed by atoms with Crippen LogP contribution in [0.1, 0.15) is 17.5 Å².